The van der Waals surface area contributed by atoms with Gasteiger partial charge in [-0.1, -0.05) is 13.3 Å². The van der Waals surface area contributed by atoms with Crippen molar-refractivity contribution in [1.82, 2.24) is 25.7 Å². The number of carbonyl (C=O) groups is 1. The van der Waals surface area contributed by atoms with E-state index in [2.05, 4.69) is 22.7 Å². The van der Waals surface area contributed by atoms with Crippen LogP contribution in [-0.2, 0) is 4.79 Å². The number of hydrazine groups is 1. The highest BCUT2D eigenvalue weighted by molar-refractivity contribution is 5.83. The molecule has 3 heterocycles. The number of ether oxygens (including phenoxy) is 1. The number of likely N-dealkylation sites (N-methyl/N-ethyl adjacent to an activating group) is 1. The molecular weight excluding hydrogens is 416 g/mol. The van der Waals surface area contributed by atoms with Crippen molar-refractivity contribution in [1.29, 1.82) is 0 Å². The maximum atomic E-state index is 13.1. The summed E-state index contributed by atoms with van der Waals surface area (Å²) in [6.07, 6.45) is 5.09. The number of fused-ring (bicyclic) bond motifs is 1. The molecule has 0 radical (unpaired) electrons. The predicted octanol–water partition coefficient (Wildman–Crippen LogP) is 3.05. The number of nitrogens with one attached hydrogen (secondary N) is 2. The summed E-state index contributed by atoms with van der Waals surface area (Å²) in [5, 5.41) is 1.02. The van der Waals surface area contributed by atoms with Crippen molar-refractivity contribution < 1.29 is 9.53 Å². The summed E-state index contributed by atoms with van der Waals surface area (Å²) >= 11 is 0. The molecule has 1 amide bonds. The van der Waals surface area contributed by atoms with Gasteiger partial charge in [-0.15, -0.1) is 0 Å². The van der Waals surface area contributed by atoms with Gasteiger partial charge in [-0.2, -0.15) is 0 Å². The zero-order valence-electron chi connectivity index (χ0n) is 20.4. The fourth-order valence-corrected chi connectivity index (χ4v) is 5.06. The van der Waals surface area contributed by atoms with Gasteiger partial charge < -0.3 is 14.5 Å². The number of aromatic nitrogens is 2. The molecule has 2 fully saturated rings. The molecule has 1 aromatic carbocycles. The van der Waals surface area contributed by atoms with Crippen LogP contribution < -0.4 is 20.5 Å². The normalized spacial score (nSPS) is 21.5. The summed E-state index contributed by atoms with van der Waals surface area (Å²) in [4.78, 5) is 26.8. The van der Waals surface area contributed by atoms with Crippen LogP contribution in [0, 0.1) is 12.8 Å². The van der Waals surface area contributed by atoms with Gasteiger partial charge in [0.15, 0.2) is 0 Å². The van der Waals surface area contributed by atoms with E-state index >= 15 is 0 Å². The van der Waals surface area contributed by atoms with Crippen molar-refractivity contribution in [2.75, 3.05) is 38.2 Å². The molecule has 2 aromatic rings. The largest absolute Gasteiger partial charge is 0.494 e. The van der Waals surface area contributed by atoms with Crippen LogP contribution in [0.4, 0.5) is 5.95 Å². The van der Waals surface area contributed by atoms with Gasteiger partial charge in [-0.3, -0.25) is 15.6 Å². The summed E-state index contributed by atoms with van der Waals surface area (Å²) in [6.45, 7) is 9.20. The maximum Gasteiger partial charge on any atom is 0.226 e. The molecule has 2 saturated heterocycles. The number of anilines is 1. The minimum atomic E-state index is 0.0716. The van der Waals surface area contributed by atoms with Crippen LogP contribution in [0.1, 0.15) is 51.6 Å². The van der Waals surface area contributed by atoms with E-state index in [1.54, 1.807) is 0 Å². The first-order valence-electron chi connectivity index (χ1n) is 12.4. The molecule has 1 aromatic heterocycles. The average molecular weight is 455 g/mol. The van der Waals surface area contributed by atoms with Crippen molar-refractivity contribution in [3.05, 3.63) is 23.9 Å². The summed E-state index contributed by atoms with van der Waals surface area (Å²) in [5.41, 5.74) is 8.61. The van der Waals surface area contributed by atoms with E-state index in [0.29, 0.717) is 18.7 Å². The Morgan fingerprint density at radius 3 is 2.67 bits per heavy atom. The van der Waals surface area contributed by atoms with Gasteiger partial charge in [0.05, 0.1) is 17.8 Å². The number of hydrogen-bond donors (Lipinski definition) is 2. The van der Waals surface area contributed by atoms with E-state index in [-0.39, 0.29) is 11.8 Å². The number of carbonyl (C=O) groups excluding carboxylic acids is 1. The summed E-state index contributed by atoms with van der Waals surface area (Å²) < 4.78 is 5.62. The number of hydrogen-bond acceptors (Lipinski definition) is 7. The molecule has 0 aliphatic carbocycles. The van der Waals surface area contributed by atoms with Crippen LogP contribution in [0.5, 0.6) is 5.75 Å². The van der Waals surface area contributed by atoms with Gasteiger partial charge in [-0.05, 0) is 57.7 Å². The number of rotatable bonds is 8. The Labute approximate surface area is 197 Å². The molecule has 2 aliphatic rings. The molecule has 180 valence electrons. The third-order valence-electron chi connectivity index (χ3n) is 6.85. The second kappa shape index (κ2) is 10.7. The number of amides is 1. The van der Waals surface area contributed by atoms with Crippen LogP contribution in [-0.4, -0.2) is 66.1 Å². The number of aryl methyl sites for hydroxylation is 1. The summed E-state index contributed by atoms with van der Waals surface area (Å²) in [6, 6.07) is 6.82. The molecular formula is C25H38N6O2. The Kier molecular flexibility index (Phi) is 7.65. The standard InChI is InChI=1S/C25H38N6O2/c1-5-7-19-14-20(29-28-19)16-30(4)24(32)18-10-12-31(13-11-18)25-26-17(3)22-15-21(33-6-2)8-9-23(22)27-25/h8-9,15,18-20,28-29H,5-7,10-14,16H2,1-4H3. The smallest absolute Gasteiger partial charge is 0.226 e. The molecule has 0 spiro atoms. The van der Waals surface area contributed by atoms with E-state index in [0.717, 1.165) is 67.2 Å². The second-order valence-electron chi connectivity index (χ2n) is 9.41. The van der Waals surface area contributed by atoms with E-state index in [1.165, 1.54) is 12.8 Å². The van der Waals surface area contributed by atoms with Crippen LogP contribution in [0.2, 0.25) is 0 Å². The molecule has 0 bridgehead atoms. The lowest BCUT2D eigenvalue weighted by atomic mass is 9.95. The topological polar surface area (TPSA) is 82.6 Å². The fraction of sp³-hybridized carbons (Fsp3) is 0.640. The van der Waals surface area contributed by atoms with Gasteiger partial charge >= 0.3 is 0 Å². The highest BCUT2D eigenvalue weighted by Gasteiger charge is 2.31. The van der Waals surface area contributed by atoms with E-state index in [9.17, 15) is 4.79 Å². The van der Waals surface area contributed by atoms with E-state index < -0.39 is 0 Å². The monoisotopic (exact) mass is 454 g/mol. The molecule has 2 aliphatic heterocycles. The Hall–Kier alpha value is -2.45. The summed E-state index contributed by atoms with van der Waals surface area (Å²) in [5.74, 6) is 1.93. The third kappa shape index (κ3) is 5.55. The first kappa shape index (κ1) is 23.7. The molecule has 8 heteroatoms. The first-order chi connectivity index (χ1) is 16.0. The second-order valence-corrected chi connectivity index (χ2v) is 9.41. The highest BCUT2D eigenvalue weighted by atomic mass is 16.5. The minimum Gasteiger partial charge on any atom is -0.494 e. The lowest BCUT2D eigenvalue weighted by Crippen LogP contribution is -2.46. The number of piperidine rings is 1. The molecule has 2 unspecified atom stereocenters. The van der Waals surface area contributed by atoms with E-state index in [4.69, 9.17) is 14.7 Å². The van der Waals surface area contributed by atoms with Gasteiger partial charge in [0.1, 0.15) is 5.75 Å². The Morgan fingerprint density at radius 1 is 1.18 bits per heavy atom. The van der Waals surface area contributed by atoms with Crippen LogP contribution in [0.15, 0.2) is 18.2 Å². The quantitative estimate of drug-likeness (QED) is 0.634. The molecule has 0 saturated carbocycles. The van der Waals surface area contributed by atoms with Crippen LogP contribution in [0.25, 0.3) is 10.9 Å². The number of nitrogens with zero attached hydrogens (tertiary/aromatic N) is 4. The SMILES string of the molecule is CCCC1CC(CN(C)C(=O)C2CCN(c3nc(C)c4cc(OCC)ccc4n3)CC2)NN1. The molecule has 8 nitrogen and oxygen atoms in total. The lowest BCUT2D eigenvalue weighted by Gasteiger charge is -2.34. The van der Waals surface area contributed by atoms with Gasteiger partial charge in [0.25, 0.3) is 0 Å². The zero-order valence-corrected chi connectivity index (χ0v) is 20.4. The molecule has 4 rings (SSSR count). The predicted molar refractivity (Wildman–Crippen MR) is 131 cm³/mol. The highest BCUT2D eigenvalue weighted by Crippen LogP contribution is 2.27. The van der Waals surface area contributed by atoms with Crippen molar-refractivity contribution in [3.63, 3.8) is 0 Å². The van der Waals surface area contributed by atoms with E-state index in [1.807, 2.05) is 44.0 Å². The number of benzene rings is 1. The zero-order chi connectivity index (χ0) is 23.4. The van der Waals surface area contributed by atoms with Gasteiger partial charge in [0, 0.05) is 50.1 Å². The van der Waals surface area contributed by atoms with Crippen molar-refractivity contribution in [2.24, 2.45) is 5.92 Å². The van der Waals surface area contributed by atoms with Crippen molar-refractivity contribution in [3.8, 4) is 5.75 Å². The fourth-order valence-electron chi connectivity index (χ4n) is 5.06. The van der Waals surface area contributed by atoms with Gasteiger partial charge in [-0.25, -0.2) is 9.97 Å². The van der Waals surface area contributed by atoms with Gasteiger partial charge in [0.2, 0.25) is 11.9 Å². The third-order valence-corrected chi connectivity index (χ3v) is 6.85. The minimum absolute atomic E-state index is 0.0716. The average Bonchev–Trinajstić information content (AvgIpc) is 3.26. The molecule has 2 N–H and O–H groups in total. The molecule has 33 heavy (non-hydrogen) atoms. The maximum absolute atomic E-state index is 13.1. The first-order valence-corrected chi connectivity index (χ1v) is 12.4. The summed E-state index contributed by atoms with van der Waals surface area (Å²) in [7, 11) is 1.94. The Balaban J connectivity index is 1.33. The molecule has 2 atom stereocenters. The van der Waals surface area contributed by atoms with Crippen LogP contribution in [0.3, 0.4) is 0 Å². The Bertz CT molecular complexity index is 959. The van der Waals surface area contributed by atoms with Crippen LogP contribution >= 0.6 is 0 Å². The van der Waals surface area contributed by atoms with Crippen molar-refractivity contribution in [2.45, 2.75) is 65.0 Å². The van der Waals surface area contributed by atoms with Crippen molar-refractivity contribution >= 4 is 22.8 Å². The lowest BCUT2D eigenvalue weighted by molar-refractivity contribution is -0.135. The Morgan fingerprint density at radius 2 is 1.94 bits per heavy atom.